The van der Waals surface area contributed by atoms with Gasteiger partial charge in [-0.25, -0.2) is 22.3 Å². The number of hydrogen-bond donors (Lipinski definition) is 2. The van der Waals surface area contributed by atoms with Gasteiger partial charge in [-0.05, 0) is 87.5 Å². The third-order valence-electron chi connectivity index (χ3n) is 15.5. The molecule has 0 unspecified atom stereocenters. The van der Waals surface area contributed by atoms with Crippen LogP contribution in [0.5, 0.6) is 17.2 Å². The number of esters is 1. The number of benzene rings is 4. The van der Waals surface area contributed by atoms with Crippen LogP contribution in [0, 0.1) is 29.6 Å². The van der Waals surface area contributed by atoms with Gasteiger partial charge in [-0.15, -0.1) is 0 Å². The van der Waals surface area contributed by atoms with Crippen molar-refractivity contribution in [1.29, 1.82) is 0 Å². The van der Waals surface area contributed by atoms with Gasteiger partial charge in [0.15, 0.2) is 11.5 Å². The fourth-order valence-electron chi connectivity index (χ4n) is 12.1. The molecule has 4 aromatic rings. The fraction of sp³-hybridized carbons (Fsp3) is 0.491. The lowest BCUT2D eigenvalue weighted by Crippen LogP contribution is -2.60. The average Bonchev–Trinajstić information content (AvgIpc) is 4.03. The van der Waals surface area contributed by atoms with Crippen LogP contribution in [-0.4, -0.2) is 98.5 Å². The minimum absolute atomic E-state index is 0.106. The largest absolute Gasteiger partial charge is 0.496 e. The van der Waals surface area contributed by atoms with Crippen LogP contribution in [0.15, 0.2) is 97.1 Å². The number of hydrogen-bond acceptors (Lipinski definition) is 13. The molecule has 72 heavy (non-hydrogen) atoms. The smallest absolute Gasteiger partial charge is 0.410 e. The SMILES string of the molecule is COC(=O)[C@@H]1C[C@H](C(=O)N2[C@@H]3C[C@H]4CC[C@]3(CS2(=O)=O)C4(C)C)N[C@@H]1[C@@H](NC(=O)OC(C)(C)C)[C@@H](c1cc(OCc2ccccc2)c(OC)c(C)c1OC)N(Cc1ccccc1)C(=O)OCc1ccccc1. The highest BCUT2D eigenvalue weighted by Gasteiger charge is 2.73. The molecule has 2 saturated carbocycles. The van der Waals surface area contributed by atoms with E-state index in [1.807, 2.05) is 91.0 Å². The third-order valence-corrected chi connectivity index (χ3v) is 17.5. The number of carbonyl (C=O) groups excluding carboxylic acids is 4. The maximum atomic E-state index is 15.3. The summed E-state index contributed by atoms with van der Waals surface area (Å²) in [5, 5.41) is 6.44. The van der Waals surface area contributed by atoms with Crippen molar-refractivity contribution in [3.63, 3.8) is 0 Å². The zero-order valence-electron chi connectivity index (χ0n) is 42.6. The number of ether oxygens (including phenoxy) is 6. The summed E-state index contributed by atoms with van der Waals surface area (Å²) in [7, 11) is 0.110. The molecule has 2 aliphatic heterocycles. The molecule has 8 rings (SSSR count). The maximum Gasteiger partial charge on any atom is 0.410 e. The van der Waals surface area contributed by atoms with Crippen molar-refractivity contribution in [2.45, 2.75) is 123 Å². The fourth-order valence-corrected chi connectivity index (χ4v) is 14.6. The Bertz CT molecular complexity index is 2740. The Kier molecular flexibility index (Phi) is 14.9. The summed E-state index contributed by atoms with van der Waals surface area (Å²) in [6, 6.07) is 23.8. The average molecular weight is 1010 g/mol. The minimum atomic E-state index is -4.09. The van der Waals surface area contributed by atoms with Crippen LogP contribution < -0.4 is 24.8 Å². The highest BCUT2D eigenvalue weighted by Crippen LogP contribution is 2.70. The van der Waals surface area contributed by atoms with Crippen molar-refractivity contribution < 1.29 is 56.0 Å². The number of amides is 3. The first kappa shape index (κ1) is 52.0. The Balaban J connectivity index is 1.32. The van der Waals surface area contributed by atoms with Crippen molar-refractivity contribution in [3.8, 4) is 17.2 Å². The number of alkyl carbamates (subject to hydrolysis) is 1. The molecule has 0 radical (unpaired) electrons. The second-order valence-electron chi connectivity index (χ2n) is 21.1. The Morgan fingerprint density at radius 3 is 2.01 bits per heavy atom. The summed E-state index contributed by atoms with van der Waals surface area (Å²) in [6.45, 7) is 11.0. The highest BCUT2D eigenvalue weighted by atomic mass is 32.2. The predicted molar refractivity (Wildman–Crippen MR) is 268 cm³/mol. The van der Waals surface area contributed by atoms with Crippen LogP contribution in [0.1, 0.15) is 94.2 Å². The highest BCUT2D eigenvalue weighted by molar-refractivity contribution is 7.90. The van der Waals surface area contributed by atoms with E-state index in [1.165, 1.54) is 26.2 Å². The molecule has 2 N–H and O–H groups in total. The lowest BCUT2D eigenvalue weighted by molar-refractivity contribution is -0.146. The molecule has 2 aliphatic carbocycles. The van der Waals surface area contributed by atoms with Crippen LogP contribution in [0.4, 0.5) is 9.59 Å². The van der Waals surface area contributed by atoms with E-state index in [0.717, 1.165) is 16.3 Å². The Hall–Kier alpha value is -6.33. The number of nitrogens with one attached hydrogen (secondary N) is 2. The summed E-state index contributed by atoms with van der Waals surface area (Å²) in [4.78, 5) is 60.9. The molecule has 16 nitrogen and oxygen atoms in total. The van der Waals surface area contributed by atoms with E-state index in [4.69, 9.17) is 28.4 Å². The Morgan fingerprint density at radius 1 is 0.847 bits per heavy atom. The molecule has 386 valence electrons. The molecule has 4 aliphatic rings. The number of rotatable bonds is 16. The molecule has 3 amide bonds. The molecule has 2 saturated heterocycles. The van der Waals surface area contributed by atoms with Gasteiger partial charge in [-0.2, -0.15) is 0 Å². The molecular formula is C55H68N4O12S. The van der Waals surface area contributed by atoms with Crippen molar-refractivity contribution in [1.82, 2.24) is 19.8 Å². The van der Waals surface area contributed by atoms with E-state index < -0.39 is 81.2 Å². The molecule has 1 spiro atoms. The van der Waals surface area contributed by atoms with E-state index in [-0.39, 0.29) is 54.8 Å². The lowest BCUT2D eigenvalue weighted by Gasteiger charge is -2.42. The zero-order valence-corrected chi connectivity index (χ0v) is 43.5. The van der Waals surface area contributed by atoms with Crippen molar-refractivity contribution in [2.75, 3.05) is 27.1 Å². The molecular weight excluding hydrogens is 941 g/mol. The van der Waals surface area contributed by atoms with Crippen LogP contribution in [0.3, 0.4) is 0 Å². The third kappa shape index (κ3) is 10.1. The summed E-state index contributed by atoms with van der Waals surface area (Å²) >= 11 is 0. The molecule has 17 heteroatoms. The minimum Gasteiger partial charge on any atom is -0.496 e. The molecule has 4 fully saturated rings. The standard InChI is InChI=1S/C55H68N4O12S/c1-34-47(66-7)40(29-42(48(34)67-8)69-31-36-21-15-11-16-22-36)46(58(30-35-19-13-10-14-20-35)52(63)70-32-37-23-17-12-18-24-37)45(57-51(62)71-53(2,3)4)44-39(50(61)68-9)28-41(56-44)49(60)59-43-27-38-25-26-55(43,54(38,5)6)33-72(59,64)65/h10-24,29,38-39,41,43-46,56H,25-28,30-33H2,1-9H3,(H,57,62)/t38-,39-,41-,43-,44+,45-,46-,55-/m1/s1. The first-order chi connectivity index (χ1) is 34.2. The number of nitrogens with zero attached hydrogens (tertiary/aromatic N) is 2. The van der Waals surface area contributed by atoms with Gasteiger partial charge in [0, 0.05) is 29.1 Å². The van der Waals surface area contributed by atoms with Gasteiger partial charge in [0.1, 0.15) is 24.6 Å². The monoisotopic (exact) mass is 1010 g/mol. The second kappa shape index (κ2) is 20.7. The van der Waals surface area contributed by atoms with E-state index in [1.54, 1.807) is 33.8 Å². The van der Waals surface area contributed by atoms with E-state index in [9.17, 15) is 18.0 Å². The Labute approximate surface area is 423 Å². The normalized spacial score (nSPS) is 24.3. The summed E-state index contributed by atoms with van der Waals surface area (Å²) in [6.07, 6.45) is 0.201. The molecule has 0 aromatic heterocycles. The summed E-state index contributed by atoms with van der Waals surface area (Å²) in [5.74, 6) is -1.66. The zero-order chi connectivity index (χ0) is 51.8. The van der Waals surface area contributed by atoms with Crippen molar-refractivity contribution in [2.24, 2.45) is 22.7 Å². The Morgan fingerprint density at radius 2 is 1.44 bits per heavy atom. The molecule has 4 aromatic carbocycles. The summed E-state index contributed by atoms with van der Waals surface area (Å²) < 4.78 is 66.2. The van der Waals surface area contributed by atoms with Crippen molar-refractivity contribution in [3.05, 3.63) is 125 Å². The predicted octanol–water partition coefficient (Wildman–Crippen LogP) is 8.25. The number of fused-ring (bicyclic) bond motifs is 1. The van der Waals surface area contributed by atoms with Gasteiger partial charge in [-0.3, -0.25) is 19.8 Å². The van der Waals surface area contributed by atoms with Crippen LogP contribution in [0.2, 0.25) is 0 Å². The van der Waals surface area contributed by atoms with Crippen LogP contribution in [0.25, 0.3) is 0 Å². The van der Waals surface area contributed by atoms with Gasteiger partial charge in [0.05, 0.1) is 57.2 Å². The second-order valence-corrected chi connectivity index (χ2v) is 22.9. The number of sulfonamides is 1. The topological polar surface area (TPSA) is 188 Å². The summed E-state index contributed by atoms with van der Waals surface area (Å²) in [5.41, 5.74) is 1.09. The maximum absolute atomic E-state index is 15.3. The quantitative estimate of drug-likeness (QED) is 0.0808. The van der Waals surface area contributed by atoms with Crippen molar-refractivity contribution >= 4 is 34.1 Å². The van der Waals surface area contributed by atoms with E-state index in [0.29, 0.717) is 40.8 Å². The molecule has 2 heterocycles. The van der Waals surface area contributed by atoms with E-state index in [2.05, 4.69) is 24.5 Å². The van der Waals surface area contributed by atoms with Gasteiger partial charge >= 0.3 is 18.2 Å². The molecule has 8 atom stereocenters. The number of methoxy groups -OCH3 is 3. The van der Waals surface area contributed by atoms with Gasteiger partial charge in [0.2, 0.25) is 10.0 Å². The van der Waals surface area contributed by atoms with Gasteiger partial charge in [-0.1, -0.05) is 105 Å². The molecule has 2 bridgehead atoms. The van der Waals surface area contributed by atoms with Crippen LogP contribution in [-0.2, 0) is 53.6 Å². The van der Waals surface area contributed by atoms with Crippen LogP contribution >= 0.6 is 0 Å². The van der Waals surface area contributed by atoms with Gasteiger partial charge in [0.25, 0.3) is 5.91 Å². The lowest BCUT2D eigenvalue weighted by atomic mass is 9.69. The number of carbonyl (C=O) groups is 4. The van der Waals surface area contributed by atoms with Gasteiger partial charge < -0.3 is 33.7 Å². The first-order valence-corrected chi connectivity index (χ1v) is 26.2. The first-order valence-electron chi connectivity index (χ1n) is 24.6. The van der Waals surface area contributed by atoms with E-state index >= 15 is 9.59 Å².